The van der Waals surface area contributed by atoms with Crippen LogP contribution in [0.3, 0.4) is 0 Å². The monoisotopic (exact) mass is 233 g/mol. The first-order valence-electron chi connectivity index (χ1n) is 4.48. The van der Waals surface area contributed by atoms with Gasteiger partial charge in [-0.15, -0.1) is 0 Å². The van der Waals surface area contributed by atoms with E-state index in [0.717, 1.165) is 6.07 Å². The first-order valence-corrected chi connectivity index (χ1v) is 4.48. The lowest BCUT2D eigenvalue weighted by Crippen LogP contribution is -2.26. The number of halogens is 3. The lowest BCUT2D eigenvalue weighted by atomic mass is 10.1. The predicted octanol–water partition coefficient (Wildman–Crippen LogP) is 2.59. The molecule has 0 saturated carbocycles. The molecule has 0 heterocycles. The van der Waals surface area contributed by atoms with Gasteiger partial charge >= 0.3 is 12.1 Å². The molecule has 1 atom stereocenters. The van der Waals surface area contributed by atoms with E-state index in [4.69, 9.17) is 5.11 Å². The molecule has 0 aliphatic carbocycles. The van der Waals surface area contributed by atoms with Crippen LogP contribution in [-0.2, 0) is 11.0 Å². The summed E-state index contributed by atoms with van der Waals surface area (Å²) in [5.74, 6) is -1.21. The topological polar surface area (TPSA) is 49.3 Å². The Morgan fingerprint density at radius 1 is 1.38 bits per heavy atom. The summed E-state index contributed by atoms with van der Waals surface area (Å²) < 4.78 is 37.5. The first-order chi connectivity index (χ1) is 7.32. The molecule has 0 radical (unpaired) electrons. The lowest BCUT2D eigenvalue weighted by molar-refractivity contribution is -0.139. The lowest BCUT2D eigenvalue weighted by Gasteiger charge is -2.16. The van der Waals surface area contributed by atoms with E-state index >= 15 is 0 Å². The molecule has 0 aliphatic rings. The van der Waals surface area contributed by atoms with Gasteiger partial charge in [-0.1, -0.05) is 12.1 Å². The number of nitrogens with one attached hydrogen (secondary N) is 1. The molecule has 1 aromatic rings. The van der Waals surface area contributed by atoms with Crippen LogP contribution in [0, 0.1) is 0 Å². The zero-order valence-corrected chi connectivity index (χ0v) is 8.38. The predicted molar refractivity (Wildman–Crippen MR) is 52.2 cm³/mol. The molecule has 0 bridgehead atoms. The van der Waals surface area contributed by atoms with Gasteiger partial charge in [-0.25, -0.2) is 0 Å². The number of anilines is 1. The fourth-order valence-electron chi connectivity index (χ4n) is 1.15. The summed E-state index contributed by atoms with van der Waals surface area (Å²) in [5.41, 5.74) is -1.10. The number of carboxylic acid groups (broad SMARTS) is 1. The highest BCUT2D eigenvalue weighted by molar-refractivity contribution is 5.77. The highest BCUT2D eigenvalue weighted by Crippen LogP contribution is 2.34. The Hall–Kier alpha value is -1.72. The maximum atomic E-state index is 12.5. The van der Waals surface area contributed by atoms with Crippen LogP contribution in [0.2, 0.25) is 0 Å². The molecule has 0 aliphatic heterocycles. The summed E-state index contributed by atoms with van der Waals surface area (Å²) in [6.45, 7) is 1.27. The first kappa shape index (κ1) is 12.4. The van der Waals surface area contributed by atoms with Crippen LogP contribution in [0.15, 0.2) is 24.3 Å². The largest absolute Gasteiger partial charge is 0.480 e. The molecule has 88 valence electrons. The zero-order valence-electron chi connectivity index (χ0n) is 8.38. The van der Waals surface area contributed by atoms with Crippen LogP contribution in [0.25, 0.3) is 0 Å². The van der Waals surface area contributed by atoms with Gasteiger partial charge in [0.25, 0.3) is 0 Å². The average Bonchev–Trinajstić information content (AvgIpc) is 2.16. The summed E-state index contributed by atoms with van der Waals surface area (Å²) in [4.78, 5) is 10.5. The number of carboxylic acids is 1. The van der Waals surface area contributed by atoms with Crippen molar-refractivity contribution < 1.29 is 23.1 Å². The molecule has 0 spiro atoms. The SMILES string of the molecule is CC(Nc1ccccc1C(F)(F)F)C(=O)O. The Balaban J connectivity index is 3.01. The van der Waals surface area contributed by atoms with Crippen LogP contribution in [0.1, 0.15) is 12.5 Å². The molecule has 0 amide bonds. The molecule has 0 fully saturated rings. The van der Waals surface area contributed by atoms with Gasteiger partial charge in [-0.2, -0.15) is 13.2 Å². The van der Waals surface area contributed by atoms with E-state index in [0.29, 0.717) is 0 Å². The second kappa shape index (κ2) is 4.42. The van der Waals surface area contributed by atoms with Crippen LogP contribution >= 0.6 is 0 Å². The van der Waals surface area contributed by atoms with Crippen molar-refractivity contribution in [2.75, 3.05) is 5.32 Å². The molecule has 16 heavy (non-hydrogen) atoms. The Morgan fingerprint density at radius 2 is 1.94 bits per heavy atom. The van der Waals surface area contributed by atoms with E-state index in [9.17, 15) is 18.0 Å². The van der Waals surface area contributed by atoms with E-state index in [1.807, 2.05) is 0 Å². The Kier molecular flexibility index (Phi) is 3.41. The summed E-state index contributed by atoms with van der Waals surface area (Å²) in [6, 6.07) is 3.67. The van der Waals surface area contributed by atoms with Crippen molar-refractivity contribution in [3.8, 4) is 0 Å². The molecule has 3 nitrogen and oxygen atoms in total. The van der Waals surface area contributed by atoms with Crippen molar-refractivity contribution in [3.63, 3.8) is 0 Å². The maximum Gasteiger partial charge on any atom is 0.418 e. The number of para-hydroxylation sites is 1. The number of hydrogen-bond donors (Lipinski definition) is 2. The smallest absolute Gasteiger partial charge is 0.418 e. The average molecular weight is 233 g/mol. The summed E-state index contributed by atoms with van der Waals surface area (Å²) in [6.07, 6.45) is -4.50. The fourth-order valence-corrected chi connectivity index (χ4v) is 1.15. The molecule has 1 rings (SSSR count). The quantitative estimate of drug-likeness (QED) is 0.843. The molecule has 0 saturated heterocycles. The van der Waals surface area contributed by atoms with Crippen LogP contribution in [-0.4, -0.2) is 17.1 Å². The fraction of sp³-hybridized carbons (Fsp3) is 0.300. The maximum absolute atomic E-state index is 12.5. The van der Waals surface area contributed by atoms with Gasteiger partial charge in [-0.05, 0) is 19.1 Å². The van der Waals surface area contributed by atoms with Crippen molar-refractivity contribution in [1.82, 2.24) is 0 Å². The van der Waals surface area contributed by atoms with Gasteiger partial charge in [-0.3, -0.25) is 4.79 Å². The highest BCUT2D eigenvalue weighted by Gasteiger charge is 2.33. The van der Waals surface area contributed by atoms with E-state index in [1.54, 1.807) is 0 Å². The minimum absolute atomic E-state index is 0.232. The third-order valence-electron chi connectivity index (χ3n) is 1.97. The van der Waals surface area contributed by atoms with Crippen LogP contribution in [0.4, 0.5) is 18.9 Å². The number of alkyl halides is 3. The molecule has 0 aromatic heterocycles. The normalized spacial score (nSPS) is 13.2. The standard InChI is InChI=1S/C10H10F3NO2/c1-6(9(15)16)14-8-5-3-2-4-7(8)10(11,12)13/h2-6,14H,1H3,(H,15,16). The van der Waals surface area contributed by atoms with Crippen LogP contribution in [0.5, 0.6) is 0 Å². The number of hydrogen-bond acceptors (Lipinski definition) is 2. The number of rotatable bonds is 3. The van der Waals surface area contributed by atoms with Crippen molar-refractivity contribution >= 4 is 11.7 Å². The molecule has 2 N–H and O–H groups in total. The van der Waals surface area contributed by atoms with E-state index in [1.165, 1.54) is 25.1 Å². The van der Waals surface area contributed by atoms with E-state index < -0.39 is 23.8 Å². The van der Waals surface area contributed by atoms with Gasteiger partial charge < -0.3 is 10.4 Å². The van der Waals surface area contributed by atoms with Crippen molar-refractivity contribution in [3.05, 3.63) is 29.8 Å². The zero-order chi connectivity index (χ0) is 12.3. The van der Waals surface area contributed by atoms with Crippen LogP contribution < -0.4 is 5.32 Å². The van der Waals surface area contributed by atoms with E-state index in [-0.39, 0.29) is 5.69 Å². The third-order valence-corrected chi connectivity index (χ3v) is 1.97. The van der Waals surface area contributed by atoms with Gasteiger partial charge in [0.15, 0.2) is 0 Å². The highest BCUT2D eigenvalue weighted by atomic mass is 19.4. The minimum Gasteiger partial charge on any atom is -0.480 e. The molecule has 1 aromatic carbocycles. The van der Waals surface area contributed by atoms with Crippen molar-refractivity contribution in [2.45, 2.75) is 19.1 Å². The summed E-state index contributed by atoms with van der Waals surface area (Å²) in [5, 5.41) is 10.9. The number of benzene rings is 1. The Labute approximate surface area is 89.9 Å². The molecular formula is C10H10F3NO2. The molecular weight excluding hydrogens is 223 g/mol. The molecule has 1 unspecified atom stereocenters. The summed E-state index contributed by atoms with van der Waals surface area (Å²) >= 11 is 0. The second-order valence-corrected chi connectivity index (χ2v) is 3.25. The van der Waals surface area contributed by atoms with Gasteiger partial charge in [0.05, 0.1) is 5.56 Å². The number of carbonyl (C=O) groups is 1. The van der Waals surface area contributed by atoms with Crippen molar-refractivity contribution in [1.29, 1.82) is 0 Å². The summed E-state index contributed by atoms with van der Waals surface area (Å²) in [7, 11) is 0. The van der Waals surface area contributed by atoms with Gasteiger partial charge in [0.2, 0.25) is 0 Å². The van der Waals surface area contributed by atoms with E-state index in [2.05, 4.69) is 5.32 Å². The second-order valence-electron chi connectivity index (χ2n) is 3.25. The number of aliphatic carboxylic acids is 1. The third kappa shape index (κ3) is 2.88. The Morgan fingerprint density at radius 3 is 2.44 bits per heavy atom. The van der Waals surface area contributed by atoms with Gasteiger partial charge in [0.1, 0.15) is 6.04 Å². The Bertz CT molecular complexity index is 390. The van der Waals surface area contributed by atoms with Crippen molar-refractivity contribution in [2.24, 2.45) is 0 Å². The minimum atomic E-state index is -4.50. The van der Waals surface area contributed by atoms with Gasteiger partial charge in [0, 0.05) is 5.69 Å². The molecule has 6 heteroatoms.